The van der Waals surface area contributed by atoms with Gasteiger partial charge in [0.05, 0.1) is 0 Å². The molecule has 0 heteroatoms. The van der Waals surface area contributed by atoms with Gasteiger partial charge in [0.2, 0.25) is 0 Å². The van der Waals surface area contributed by atoms with Gasteiger partial charge in [0.25, 0.3) is 0 Å². The molecule has 0 fully saturated rings. The van der Waals surface area contributed by atoms with Gasteiger partial charge in [-0.3, -0.25) is 0 Å². The van der Waals surface area contributed by atoms with E-state index in [1.807, 2.05) is 0 Å². The Labute approximate surface area is 71.0 Å². The molecule has 0 rings (SSSR count). The molecule has 0 aromatic rings. The van der Waals surface area contributed by atoms with Crippen molar-refractivity contribution >= 4 is 0 Å². The molecule has 0 nitrogen and oxygen atoms in total. The molecule has 0 bridgehead atoms. The second-order valence-corrected chi connectivity index (χ2v) is 2.73. The monoisotopic (exact) mass is 152 g/mol. The smallest absolute Gasteiger partial charge is 0.0169 e. The maximum Gasteiger partial charge on any atom is -0.0169 e. The van der Waals surface area contributed by atoms with E-state index in [0.29, 0.717) is 0 Å². The number of allylic oxidation sites excluding steroid dienone is 4. The van der Waals surface area contributed by atoms with Crippen LogP contribution in [-0.2, 0) is 0 Å². The van der Waals surface area contributed by atoms with Crippen molar-refractivity contribution in [2.75, 3.05) is 0 Å². The van der Waals surface area contributed by atoms with Crippen LogP contribution < -0.4 is 0 Å². The highest BCUT2D eigenvalue weighted by atomic mass is 13.8. The maximum atomic E-state index is 2.28. The Morgan fingerprint density at radius 1 is 0.909 bits per heavy atom. The van der Waals surface area contributed by atoms with Crippen molar-refractivity contribution in [3.05, 3.63) is 24.3 Å². The zero-order valence-electron chi connectivity index (χ0n) is 7.84. The van der Waals surface area contributed by atoms with Crippen LogP contribution in [0.1, 0.15) is 46.0 Å². The van der Waals surface area contributed by atoms with E-state index in [2.05, 4.69) is 38.2 Å². The van der Waals surface area contributed by atoms with E-state index in [-0.39, 0.29) is 0 Å². The van der Waals surface area contributed by atoms with Crippen LogP contribution in [0.25, 0.3) is 0 Å². The van der Waals surface area contributed by atoms with Gasteiger partial charge in [-0.2, -0.15) is 0 Å². The molecular weight excluding hydrogens is 132 g/mol. The highest BCUT2D eigenvalue weighted by Gasteiger charge is 1.76. The van der Waals surface area contributed by atoms with Crippen molar-refractivity contribution in [3.8, 4) is 0 Å². The highest BCUT2D eigenvalue weighted by molar-refractivity contribution is 4.92. The average molecular weight is 152 g/mol. The van der Waals surface area contributed by atoms with Gasteiger partial charge >= 0.3 is 0 Å². The van der Waals surface area contributed by atoms with Gasteiger partial charge in [-0.15, -0.1) is 0 Å². The summed E-state index contributed by atoms with van der Waals surface area (Å²) in [5.41, 5.74) is 0. The number of hydrogen-bond donors (Lipinski definition) is 0. The molecule has 0 heterocycles. The molecule has 0 aromatic heterocycles. The van der Waals surface area contributed by atoms with E-state index in [0.717, 1.165) is 12.8 Å². The molecule has 0 spiro atoms. The standard InChI is InChI=1S/C11H20/c1-3-5-7-9-11-10-8-6-4-2/h5,7,10-11H,3-4,6,8-9H2,1-2H3. The van der Waals surface area contributed by atoms with Gasteiger partial charge in [-0.05, 0) is 19.3 Å². The van der Waals surface area contributed by atoms with E-state index < -0.39 is 0 Å². The first-order chi connectivity index (χ1) is 5.41. The normalized spacial score (nSPS) is 11.8. The fourth-order valence-electron chi connectivity index (χ4n) is 0.878. The third kappa shape index (κ3) is 9.48. The zero-order chi connectivity index (χ0) is 8.36. The van der Waals surface area contributed by atoms with Gasteiger partial charge in [0, 0.05) is 0 Å². The molecule has 0 atom stereocenters. The van der Waals surface area contributed by atoms with Crippen LogP contribution in [0, 0.1) is 0 Å². The molecule has 0 amide bonds. The van der Waals surface area contributed by atoms with E-state index >= 15 is 0 Å². The largest absolute Gasteiger partial charge is 0.0885 e. The molecule has 0 aromatic carbocycles. The van der Waals surface area contributed by atoms with Crippen LogP contribution >= 0.6 is 0 Å². The predicted octanol–water partition coefficient (Wildman–Crippen LogP) is 4.09. The second kappa shape index (κ2) is 9.48. The number of unbranched alkanes of at least 4 members (excludes halogenated alkanes) is 2. The first kappa shape index (κ1) is 10.5. The van der Waals surface area contributed by atoms with Crippen LogP contribution in [-0.4, -0.2) is 0 Å². The first-order valence-electron chi connectivity index (χ1n) is 4.71. The predicted molar refractivity (Wildman–Crippen MR) is 52.7 cm³/mol. The third-order valence-electron chi connectivity index (χ3n) is 1.57. The minimum absolute atomic E-state index is 1.11. The van der Waals surface area contributed by atoms with Crippen LogP contribution in [0.15, 0.2) is 24.3 Å². The van der Waals surface area contributed by atoms with E-state index in [1.54, 1.807) is 0 Å². The third-order valence-corrected chi connectivity index (χ3v) is 1.57. The lowest BCUT2D eigenvalue weighted by Gasteiger charge is -1.86. The zero-order valence-corrected chi connectivity index (χ0v) is 7.84. The Balaban J connectivity index is 3.09. The van der Waals surface area contributed by atoms with Crippen molar-refractivity contribution in [3.63, 3.8) is 0 Å². The van der Waals surface area contributed by atoms with Crippen molar-refractivity contribution in [2.45, 2.75) is 46.0 Å². The fourth-order valence-corrected chi connectivity index (χ4v) is 0.878. The summed E-state index contributed by atoms with van der Waals surface area (Å²) in [6, 6.07) is 0. The van der Waals surface area contributed by atoms with Gasteiger partial charge in [-0.25, -0.2) is 0 Å². The molecule has 0 aliphatic heterocycles. The van der Waals surface area contributed by atoms with E-state index in [1.165, 1.54) is 19.3 Å². The van der Waals surface area contributed by atoms with Crippen molar-refractivity contribution in [1.29, 1.82) is 0 Å². The lowest BCUT2D eigenvalue weighted by Crippen LogP contribution is -1.66. The SMILES string of the molecule is CCC=CCC=CCCCC. The molecule has 0 saturated carbocycles. The highest BCUT2D eigenvalue weighted by Crippen LogP contribution is 1.96. The molecule has 11 heavy (non-hydrogen) atoms. The van der Waals surface area contributed by atoms with Crippen molar-refractivity contribution in [2.24, 2.45) is 0 Å². The molecule has 0 aliphatic rings. The van der Waals surface area contributed by atoms with E-state index in [9.17, 15) is 0 Å². The average Bonchev–Trinajstić information content (AvgIpc) is 2.03. The van der Waals surface area contributed by atoms with Crippen LogP contribution in [0.5, 0.6) is 0 Å². The Kier molecular flexibility index (Phi) is 9.03. The molecule has 0 unspecified atom stereocenters. The number of rotatable bonds is 6. The Morgan fingerprint density at radius 2 is 1.64 bits per heavy atom. The van der Waals surface area contributed by atoms with Crippen LogP contribution in [0.4, 0.5) is 0 Å². The minimum Gasteiger partial charge on any atom is -0.0885 e. The Hall–Kier alpha value is -0.520. The van der Waals surface area contributed by atoms with Crippen LogP contribution in [0.2, 0.25) is 0 Å². The second-order valence-electron chi connectivity index (χ2n) is 2.73. The maximum absolute atomic E-state index is 2.28. The summed E-state index contributed by atoms with van der Waals surface area (Å²) < 4.78 is 0. The van der Waals surface area contributed by atoms with Gasteiger partial charge < -0.3 is 0 Å². The molecule has 0 saturated heterocycles. The Bertz CT molecular complexity index is 109. The lowest BCUT2D eigenvalue weighted by atomic mass is 10.2. The topological polar surface area (TPSA) is 0 Å². The van der Waals surface area contributed by atoms with E-state index in [4.69, 9.17) is 0 Å². The summed E-state index contributed by atoms with van der Waals surface area (Å²) in [6.07, 6.45) is 15.1. The summed E-state index contributed by atoms with van der Waals surface area (Å²) in [6.45, 7) is 4.39. The van der Waals surface area contributed by atoms with Gasteiger partial charge in [0.15, 0.2) is 0 Å². The quantitative estimate of drug-likeness (QED) is 0.397. The van der Waals surface area contributed by atoms with Gasteiger partial charge in [0.1, 0.15) is 0 Å². The summed E-state index contributed by atoms with van der Waals surface area (Å²) >= 11 is 0. The summed E-state index contributed by atoms with van der Waals surface area (Å²) in [4.78, 5) is 0. The summed E-state index contributed by atoms with van der Waals surface area (Å²) in [5.74, 6) is 0. The summed E-state index contributed by atoms with van der Waals surface area (Å²) in [7, 11) is 0. The molecule has 64 valence electrons. The van der Waals surface area contributed by atoms with Crippen molar-refractivity contribution in [1.82, 2.24) is 0 Å². The molecule has 0 aliphatic carbocycles. The molecule has 0 radical (unpaired) electrons. The van der Waals surface area contributed by atoms with Crippen molar-refractivity contribution < 1.29 is 0 Å². The first-order valence-corrected chi connectivity index (χ1v) is 4.71. The summed E-state index contributed by atoms with van der Waals surface area (Å²) in [5, 5.41) is 0. The van der Waals surface area contributed by atoms with Crippen LogP contribution in [0.3, 0.4) is 0 Å². The number of hydrogen-bond acceptors (Lipinski definition) is 0. The Morgan fingerprint density at radius 3 is 2.27 bits per heavy atom. The minimum atomic E-state index is 1.11. The lowest BCUT2D eigenvalue weighted by molar-refractivity contribution is 0.813. The molecular formula is C11H20. The fraction of sp³-hybridized carbons (Fsp3) is 0.636. The van der Waals surface area contributed by atoms with Gasteiger partial charge in [-0.1, -0.05) is 51.0 Å². The molecule has 0 N–H and O–H groups in total.